The molecule has 0 aliphatic heterocycles. The van der Waals surface area contributed by atoms with Crippen molar-refractivity contribution in [3.8, 4) is 0 Å². The van der Waals surface area contributed by atoms with Crippen LogP contribution in [0.25, 0.3) is 0 Å². The number of hydrogen-bond acceptors (Lipinski definition) is 14. The van der Waals surface area contributed by atoms with Crippen molar-refractivity contribution in [3.63, 3.8) is 0 Å². The van der Waals surface area contributed by atoms with Gasteiger partial charge in [0.2, 0.25) is 0 Å². The van der Waals surface area contributed by atoms with Gasteiger partial charge in [-0.1, -0.05) is 223 Å². The standard InChI is InChI=1S/C71H112O16P2/c1-4-7-10-13-16-19-22-25-28-30-32-34-37-39-42-45-48-51-54-57-69(74)81-60-66(72)61-83-88(77,78)84-62-67(73)63-85-89(79,80)86-65-68(87-71(76)59-56-53-50-47-44-41-36-27-24-21-18-15-12-9-6-3)64-82-70(75)58-55-52-49-46-43-40-38-35-33-31-29-26-23-20-17-14-11-8-5-2/h7-8,10-11,16-21,25-29,32-36,39-40,42-43,48-49,51-52,66-68,72-73H,4-6,9,12-15,22-24,30-31,37-38,41,44-47,50,53-65H2,1-3H3,(H,77,78)(H,79,80)/b10-7-,11-8-,19-16-,20-17-,21-18-,28-25-,29-26-,34-32-,35-33-,36-27-,42-39-,43-40-,51-48-,52-49-. The number of esters is 3. The van der Waals surface area contributed by atoms with Gasteiger partial charge in [-0.25, -0.2) is 9.13 Å². The fraction of sp³-hybridized carbons (Fsp3) is 0.563. The minimum Gasteiger partial charge on any atom is -0.463 e. The zero-order valence-electron chi connectivity index (χ0n) is 54.0. The number of phosphoric ester groups is 2. The molecule has 0 spiro atoms. The topological polar surface area (TPSA) is 231 Å². The summed E-state index contributed by atoms with van der Waals surface area (Å²) in [5, 5.41) is 20.5. The molecule has 5 unspecified atom stereocenters. The number of aliphatic hydroxyl groups is 2. The lowest BCUT2D eigenvalue weighted by Gasteiger charge is -2.21. The molecule has 502 valence electrons. The molecule has 0 aromatic rings. The first kappa shape index (κ1) is 83.9. The summed E-state index contributed by atoms with van der Waals surface area (Å²) in [6, 6.07) is 0. The Balaban J connectivity index is 4.86. The number of unbranched alkanes of at least 4 members (excludes halogenated alkanes) is 8. The molecule has 0 heterocycles. The quantitative estimate of drug-likeness (QED) is 0.0146. The molecular weight excluding hydrogens is 1170 g/mol. The molecule has 16 nitrogen and oxygen atoms in total. The Morgan fingerprint density at radius 2 is 0.618 bits per heavy atom. The number of allylic oxidation sites excluding steroid dienone is 28. The second-order valence-corrected chi connectivity index (χ2v) is 23.7. The van der Waals surface area contributed by atoms with Crippen molar-refractivity contribution < 1.29 is 75.8 Å². The zero-order valence-corrected chi connectivity index (χ0v) is 55.8. The smallest absolute Gasteiger partial charge is 0.463 e. The van der Waals surface area contributed by atoms with Crippen molar-refractivity contribution in [3.05, 3.63) is 170 Å². The SMILES string of the molecule is CC/C=C\C/C=C\C/C=C\C/C=C\C/C=C\C/C=C\CCC(=O)OCC(O)COP(=O)(O)OCC(O)COP(=O)(O)OCC(COC(=O)CC/C=C\C/C=C\C/C=C\C/C=C\C/C=C\C/C=C\CC)OC(=O)CCCCCCC/C=C\C/C=C\CCCCC. The third-order valence-electron chi connectivity index (χ3n) is 12.4. The zero-order chi connectivity index (χ0) is 65.3. The summed E-state index contributed by atoms with van der Waals surface area (Å²) in [6.07, 6.45) is 77.3. The van der Waals surface area contributed by atoms with Gasteiger partial charge in [-0.2, -0.15) is 0 Å². The molecule has 89 heavy (non-hydrogen) atoms. The third-order valence-corrected chi connectivity index (χ3v) is 14.3. The highest BCUT2D eigenvalue weighted by Crippen LogP contribution is 2.45. The normalized spacial score (nSPS) is 15.4. The van der Waals surface area contributed by atoms with E-state index >= 15 is 0 Å². The van der Waals surface area contributed by atoms with E-state index in [-0.39, 0.29) is 19.3 Å². The number of aliphatic hydroxyl groups excluding tert-OH is 2. The summed E-state index contributed by atoms with van der Waals surface area (Å²) in [4.78, 5) is 58.2. The van der Waals surface area contributed by atoms with Crippen molar-refractivity contribution in [2.24, 2.45) is 0 Å². The van der Waals surface area contributed by atoms with Crippen LogP contribution in [-0.4, -0.2) is 95.9 Å². The lowest BCUT2D eigenvalue weighted by Crippen LogP contribution is -2.30. The van der Waals surface area contributed by atoms with Gasteiger partial charge in [0.1, 0.15) is 25.4 Å². The fourth-order valence-corrected chi connectivity index (χ4v) is 9.12. The van der Waals surface area contributed by atoms with E-state index in [1.54, 1.807) is 0 Å². The van der Waals surface area contributed by atoms with Crippen LogP contribution in [0.4, 0.5) is 0 Å². The average molecular weight is 1280 g/mol. The second kappa shape index (κ2) is 63.1. The molecule has 0 fully saturated rings. The first-order chi connectivity index (χ1) is 43.2. The van der Waals surface area contributed by atoms with Crippen LogP contribution in [0.2, 0.25) is 0 Å². The molecule has 0 saturated carbocycles. The van der Waals surface area contributed by atoms with Gasteiger partial charge in [0, 0.05) is 19.3 Å². The molecule has 0 radical (unpaired) electrons. The van der Waals surface area contributed by atoms with E-state index in [1.807, 2.05) is 36.5 Å². The van der Waals surface area contributed by atoms with Gasteiger partial charge in [-0.05, 0) is 128 Å². The van der Waals surface area contributed by atoms with E-state index in [0.717, 1.165) is 109 Å². The molecule has 0 aromatic carbocycles. The Bertz CT molecular complexity index is 2300. The van der Waals surface area contributed by atoms with Crippen LogP contribution in [0.3, 0.4) is 0 Å². The second-order valence-electron chi connectivity index (χ2n) is 20.8. The Labute approximate surface area is 535 Å². The third kappa shape index (κ3) is 64.3. The van der Waals surface area contributed by atoms with Crippen molar-refractivity contribution in [1.29, 1.82) is 0 Å². The van der Waals surface area contributed by atoms with E-state index in [2.05, 4.69) is 154 Å². The highest BCUT2D eigenvalue weighted by atomic mass is 31.2. The summed E-state index contributed by atoms with van der Waals surface area (Å²) in [5.41, 5.74) is 0. The molecule has 18 heteroatoms. The Hall–Kier alpha value is -5.09. The number of ether oxygens (including phenoxy) is 3. The predicted molar refractivity (Wildman–Crippen MR) is 362 cm³/mol. The minimum atomic E-state index is -4.96. The van der Waals surface area contributed by atoms with Crippen LogP contribution in [-0.2, 0) is 55.8 Å². The van der Waals surface area contributed by atoms with Gasteiger partial charge in [0.05, 0.1) is 26.4 Å². The van der Waals surface area contributed by atoms with Gasteiger partial charge >= 0.3 is 33.6 Å². The molecule has 5 atom stereocenters. The lowest BCUT2D eigenvalue weighted by molar-refractivity contribution is -0.161. The van der Waals surface area contributed by atoms with Crippen LogP contribution in [0.5, 0.6) is 0 Å². The van der Waals surface area contributed by atoms with Crippen molar-refractivity contribution >= 4 is 33.6 Å². The van der Waals surface area contributed by atoms with E-state index in [1.165, 1.54) is 19.3 Å². The van der Waals surface area contributed by atoms with E-state index < -0.39 is 91.5 Å². The highest BCUT2D eigenvalue weighted by molar-refractivity contribution is 7.47. The van der Waals surface area contributed by atoms with Gasteiger partial charge in [0.15, 0.2) is 6.10 Å². The van der Waals surface area contributed by atoms with Gasteiger partial charge in [-0.3, -0.25) is 32.5 Å². The molecule has 0 aliphatic carbocycles. The van der Waals surface area contributed by atoms with Gasteiger partial charge in [-0.15, -0.1) is 0 Å². The number of phosphoric acid groups is 2. The lowest BCUT2D eigenvalue weighted by atomic mass is 10.1. The Morgan fingerprint density at radius 1 is 0.326 bits per heavy atom. The maximum Gasteiger partial charge on any atom is 0.472 e. The molecule has 0 aliphatic rings. The number of carbonyl (C=O) groups excluding carboxylic acids is 3. The van der Waals surface area contributed by atoms with Crippen LogP contribution in [0, 0.1) is 0 Å². The first-order valence-electron chi connectivity index (χ1n) is 32.4. The Morgan fingerprint density at radius 3 is 0.989 bits per heavy atom. The van der Waals surface area contributed by atoms with Crippen LogP contribution in [0.1, 0.15) is 201 Å². The maximum atomic E-state index is 12.9. The number of rotatable bonds is 59. The molecule has 0 rings (SSSR count). The maximum absolute atomic E-state index is 12.9. The van der Waals surface area contributed by atoms with Crippen molar-refractivity contribution in [1.82, 2.24) is 0 Å². The van der Waals surface area contributed by atoms with E-state index in [0.29, 0.717) is 32.1 Å². The number of hydrogen-bond donors (Lipinski definition) is 4. The van der Waals surface area contributed by atoms with Crippen molar-refractivity contribution in [2.45, 2.75) is 219 Å². The molecule has 0 saturated heterocycles. The van der Waals surface area contributed by atoms with Crippen LogP contribution >= 0.6 is 15.6 Å². The molecule has 0 bridgehead atoms. The summed E-state index contributed by atoms with van der Waals surface area (Å²) < 4.78 is 60.6. The summed E-state index contributed by atoms with van der Waals surface area (Å²) in [5.74, 6) is -1.79. The first-order valence-corrected chi connectivity index (χ1v) is 35.4. The Kier molecular flexibility index (Phi) is 59.5. The molecule has 0 amide bonds. The number of carbonyl (C=O) groups is 3. The molecular formula is C71H112O16P2. The minimum absolute atomic E-state index is 0.0336. The summed E-state index contributed by atoms with van der Waals surface area (Å²) >= 11 is 0. The predicted octanol–water partition coefficient (Wildman–Crippen LogP) is 17.7. The fourth-order valence-electron chi connectivity index (χ4n) is 7.53. The average Bonchev–Trinajstić information content (AvgIpc) is 3.54. The highest BCUT2D eigenvalue weighted by Gasteiger charge is 2.29. The summed E-state index contributed by atoms with van der Waals surface area (Å²) in [7, 11) is -9.83. The largest absolute Gasteiger partial charge is 0.472 e. The monoisotopic (exact) mass is 1280 g/mol. The molecule has 4 N–H and O–H groups in total. The van der Waals surface area contributed by atoms with Gasteiger partial charge < -0.3 is 34.2 Å². The van der Waals surface area contributed by atoms with Crippen LogP contribution < -0.4 is 0 Å². The van der Waals surface area contributed by atoms with E-state index in [4.69, 9.17) is 32.3 Å². The van der Waals surface area contributed by atoms with E-state index in [9.17, 15) is 43.5 Å². The van der Waals surface area contributed by atoms with Crippen LogP contribution in [0.15, 0.2) is 170 Å². The summed E-state index contributed by atoms with van der Waals surface area (Å²) in [6.45, 7) is 2.16. The molecule has 0 aromatic heterocycles. The van der Waals surface area contributed by atoms with Gasteiger partial charge in [0.25, 0.3) is 0 Å². The van der Waals surface area contributed by atoms with Crippen molar-refractivity contribution in [2.75, 3.05) is 39.6 Å².